The Morgan fingerprint density at radius 2 is 0.857 bits per heavy atom. The first-order valence-electron chi connectivity index (χ1n) is 24.8. The minimum absolute atomic E-state index is 0.0884. The largest absolute Gasteiger partial charge is 0.472 e. The van der Waals surface area contributed by atoms with Gasteiger partial charge in [0, 0.05) is 12.8 Å². The van der Waals surface area contributed by atoms with Crippen LogP contribution < -0.4 is 0 Å². The predicted octanol–water partition coefficient (Wildman–Crippen LogP) is 10.2. The van der Waals surface area contributed by atoms with Crippen molar-refractivity contribution in [2.75, 3.05) is 13.2 Å². The smallest absolute Gasteiger partial charge is 0.462 e. The number of carbonyl (C=O) groups excluding carboxylic acids is 2. The van der Waals surface area contributed by atoms with Crippen molar-refractivity contribution in [2.24, 2.45) is 0 Å². The highest BCUT2D eigenvalue weighted by molar-refractivity contribution is 7.47. The molecule has 0 aromatic rings. The van der Waals surface area contributed by atoms with Crippen LogP contribution in [0.2, 0.25) is 0 Å². The van der Waals surface area contributed by atoms with Crippen LogP contribution in [0.5, 0.6) is 0 Å². The van der Waals surface area contributed by atoms with Gasteiger partial charge in [0.2, 0.25) is 0 Å². The van der Waals surface area contributed by atoms with Gasteiger partial charge in [0.25, 0.3) is 0 Å². The zero-order chi connectivity index (χ0) is 46.4. The van der Waals surface area contributed by atoms with E-state index in [2.05, 4.69) is 50.3 Å². The Hall–Kier alpha value is -1.93. The third-order valence-electron chi connectivity index (χ3n) is 11.5. The number of allylic oxidation sites excluding steroid dienone is 6. The SMILES string of the molecule is CCCCC/C=C/C/C=C/CCCCCCCCCCCC(=O)O[C@H](COC(=O)CCCC/C=C/CCCCCCCCCCC)COP(=O)(O)OC1C(O)C(O)C(O)[C@@H](O)C1O. The summed E-state index contributed by atoms with van der Waals surface area (Å²) >= 11 is 0. The van der Waals surface area contributed by atoms with Gasteiger partial charge in [0.15, 0.2) is 6.10 Å². The second kappa shape index (κ2) is 39.3. The number of aliphatic hydroxyl groups is 5. The Labute approximate surface area is 380 Å². The van der Waals surface area contributed by atoms with Crippen LogP contribution in [0.15, 0.2) is 36.5 Å². The van der Waals surface area contributed by atoms with Gasteiger partial charge < -0.3 is 39.9 Å². The maximum atomic E-state index is 12.8. The van der Waals surface area contributed by atoms with E-state index in [9.17, 15) is 44.6 Å². The third-order valence-corrected chi connectivity index (χ3v) is 12.4. The van der Waals surface area contributed by atoms with E-state index in [1.807, 2.05) is 0 Å². The van der Waals surface area contributed by atoms with Crippen LogP contribution in [0.4, 0.5) is 0 Å². The normalized spacial score (nSPS) is 22.0. The number of hydrogen-bond acceptors (Lipinski definition) is 12. The number of carbonyl (C=O) groups is 2. The molecule has 63 heavy (non-hydrogen) atoms. The van der Waals surface area contributed by atoms with Crippen LogP contribution in [0.1, 0.15) is 206 Å². The quantitative estimate of drug-likeness (QED) is 0.0146. The molecule has 1 fully saturated rings. The summed E-state index contributed by atoms with van der Waals surface area (Å²) in [6, 6.07) is 0. The van der Waals surface area contributed by atoms with E-state index < -0.39 is 75.7 Å². The monoisotopic (exact) mass is 917 g/mol. The molecule has 0 aromatic carbocycles. The Morgan fingerprint density at radius 3 is 1.37 bits per heavy atom. The van der Waals surface area contributed by atoms with Crippen molar-refractivity contribution in [1.29, 1.82) is 0 Å². The van der Waals surface area contributed by atoms with Crippen molar-refractivity contribution in [3.63, 3.8) is 0 Å². The van der Waals surface area contributed by atoms with Gasteiger partial charge in [-0.3, -0.25) is 18.6 Å². The minimum atomic E-state index is -5.12. The zero-order valence-corrected chi connectivity index (χ0v) is 40.0. The van der Waals surface area contributed by atoms with Gasteiger partial charge in [0.1, 0.15) is 43.2 Å². The van der Waals surface area contributed by atoms with E-state index in [1.54, 1.807) is 0 Å². The molecule has 0 aromatic heterocycles. The molecule has 1 saturated carbocycles. The Bertz CT molecular complexity index is 1240. The summed E-state index contributed by atoms with van der Waals surface area (Å²) in [7, 11) is -5.12. The van der Waals surface area contributed by atoms with Gasteiger partial charge in [-0.15, -0.1) is 0 Å². The fourth-order valence-corrected chi connectivity index (χ4v) is 8.40. The van der Waals surface area contributed by atoms with E-state index in [0.29, 0.717) is 12.8 Å². The number of phosphoric ester groups is 1. The highest BCUT2D eigenvalue weighted by Gasteiger charge is 2.51. The standard InChI is InChI=1S/C49H89O13P/c1-3-5-7-9-11-13-15-17-19-20-21-22-24-26-28-30-32-34-36-38-43(51)61-41(40-60-63(57,58)62-49-47(55)45(53)44(52)46(54)48(49)56)39-59-42(50)37-35-33-31-29-27-25-23-18-16-14-12-10-8-6-4-2/h11,13,17,19,27,29,41,44-49,52-56H,3-10,12,14-16,18,20-26,28,30-40H2,1-2H3,(H,57,58)/b13-11+,19-17+,29-27+/t41-,44?,45-,46?,47?,48?,49?/m1/s1. The summed E-state index contributed by atoms with van der Waals surface area (Å²) in [4.78, 5) is 35.8. The summed E-state index contributed by atoms with van der Waals surface area (Å²) in [5.74, 6) is -1.13. The molecule has 0 aliphatic heterocycles. The third kappa shape index (κ3) is 31.6. The molecule has 1 aliphatic rings. The van der Waals surface area contributed by atoms with Gasteiger partial charge >= 0.3 is 19.8 Å². The second-order valence-electron chi connectivity index (χ2n) is 17.3. The molecule has 14 heteroatoms. The summed E-state index contributed by atoms with van der Waals surface area (Å²) in [5.41, 5.74) is 0. The fourth-order valence-electron chi connectivity index (χ4n) is 7.43. The van der Waals surface area contributed by atoms with Gasteiger partial charge in [-0.05, 0) is 70.6 Å². The molecule has 8 atom stereocenters. The first kappa shape index (κ1) is 59.1. The lowest BCUT2D eigenvalue weighted by Crippen LogP contribution is -2.64. The highest BCUT2D eigenvalue weighted by atomic mass is 31.2. The average molecular weight is 917 g/mol. The zero-order valence-electron chi connectivity index (χ0n) is 39.1. The lowest BCUT2D eigenvalue weighted by Gasteiger charge is -2.41. The molecular formula is C49H89O13P. The first-order valence-corrected chi connectivity index (χ1v) is 26.3. The molecule has 1 aliphatic carbocycles. The number of esters is 2. The number of phosphoric acid groups is 1. The molecule has 0 heterocycles. The molecule has 368 valence electrons. The maximum Gasteiger partial charge on any atom is 0.472 e. The fraction of sp³-hybridized carbons (Fsp3) is 0.837. The molecule has 0 spiro atoms. The maximum absolute atomic E-state index is 12.8. The number of rotatable bonds is 41. The van der Waals surface area contributed by atoms with E-state index in [1.165, 1.54) is 109 Å². The Kier molecular flexibility index (Phi) is 36.8. The molecule has 0 radical (unpaired) electrons. The van der Waals surface area contributed by atoms with Crippen molar-refractivity contribution in [1.82, 2.24) is 0 Å². The summed E-state index contributed by atoms with van der Waals surface area (Å²) in [6.07, 6.45) is 31.9. The Balaban J connectivity index is 2.43. The van der Waals surface area contributed by atoms with Crippen molar-refractivity contribution in [3.8, 4) is 0 Å². The Morgan fingerprint density at radius 1 is 0.492 bits per heavy atom. The molecule has 0 bridgehead atoms. The molecular weight excluding hydrogens is 828 g/mol. The van der Waals surface area contributed by atoms with Crippen LogP contribution in [0.3, 0.4) is 0 Å². The first-order chi connectivity index (χ1) is 30.4. The number of aliphatic hydroxyl groups excluding tert-OH is 5. The van der Waals surface area contributed by atoms with Gasteiger partial charge in [0.05, 0.1) is 6.61 Å². The van der Waals surface area contributed by atoms with Gasteiger partial charge in [-0.2, -0.15) is 0 Å². The molecule has 0 amide bonds. The predicted molar refractivity (Wildman–Crippen MR) is 249 cm³/mol. The number of ether oxygens (including phenoxy) is 2. The summed E-state index contributed by atoms with van der Waals surface area (Å²) in [5, 5.41) is 50.2. The second-order valence-corrected chi connectivity index (χ2v) is 18.7. The van der Waals surface area contributed by atoms with Crippen LogP contribution >= 0.6 is 7.82 Å². The molecule has 1 rings (SSSR count). The van der Waals surface area contributed by atoms with E-state index in [0.717, 1.165) is 57.8 Å². The highest BCUT2D eigenvalue weighted by Crippen LogP contribution is 2.47. The van der Waals surface area contributed by atoms with E-state index in [-0.39, 0.29) is 12.8 Å². The van der Waals surface area contributed by atoms with Gasteiger partial charge in [-0.25, -0.2) is 4.57 Å². The number of unbranched alkanes of at least 4 members (excludes halogenated alkanes) is 23. The summed E-state index contributed by atoms with van der Waals surface area (Å²) < 4.78 is 33.6. The van der Waals surface area contributed by atoms with Crippen LogP contribution in [-0.4, -0.2) is 98.3 Å². The molecule has 6 unspecified atom stereocenters. The van der Waals surface area contributed by atoms with Crippen molar-refractivity contribution >= 4 is 19.8 Å². The molecule has 0 saturated heterocycles. The molecule has 6 N–H and O–H groups in total. The van der Waals surface area contributed by atoms with Crippen LogP contribution in [0, 0.1) is 0 Å². The van der Waals surface area contributed by atoms with Crippen molar-refractivity contribution in [2.45, 2.75) is 249 Å². The topological polar surface area (TPSA) is 210 Å². The van der Waals surface area contributed by atoms with Crippen molar-refractivity contribution in [3.05, 3.63) is 36.5 Å². The lowest BCUT2D eigenvalue weighted by atomic mass is 9.85. The lowest BCUT2D eigenvalue weighted by molar-refractivity contribution is -0.220. The van der Waals surface area contributed by atoms with Crippen LogP contribution in [-0.2, 0) is 32.7 Å². The number of hydrogen-bond donors (Lipinski definition) is 6. The van der Waals surface area contributed by atoms with Crippen molar-refractivity contribution < 1.29 is 63.1 Å². The van der Waals surface area contributed by atoms with E-state index in [4.69, 9.17) is 18.5 Å². The average Bonchev–Trinajstić information content (AvgIpc) is 3.26. The summed E-state index contributed by atoms with van der Waals surface area (Å²) in [6.45, 7) is 3.27. The molecule has 13 nitrogen and oxygen atoms in total. The van der Waals surface area contributed by atoms with E-state index >= 15 is 0 Å². The van der Waals surface area contributed by atoms with Gasteiger partial charge in [-0.1, -0.05) is 159 Å². The minimum Gasteiger partial charge on any atom is -0.462 e. The van der Waals surface area contributed by atoms with Crippen LogP contribution in [0.25, 0.3) is 0 Å².